The van der Waals surface area contributed by atoms with Crippen LogP contribution in [0.5, 0.6) is 0 Å². The summed E-state index contributed by atoms with van der Waals surface area (Å²) in [5.74, 6) is -0.151. The lowest BCUT2D eigenvalue weighted by Crippen LogP contribution is -2.11. The molecule has 0 saturated carbocycles. The molecule has 3 nitrogen and oxygen atoms in total. The van der Waals surface area contributed by atoms with Crippen LogP contribution in [0.1, 0.15) is 38.3 Å². The number of nitrogens with zero attached hydrogens (tertiary/aromatic N) is 1. The number of anilines is 1. The number of amides is 1. The molecule has 0 spiro atoms. The van der Waals surface area contributed by atoms with Gasteiger partial charge in [0.2, 0.25) is 0 Å². The van der Waals surface area contributed by atoms with Crippen LogP contribution in [0, 0.1) is 18.3 Å². The van der Waals surface area contributed by atoms with Gasteiger partial charge in [0.15, 0.2) is 0 Å². The molecule has 2 aromatic rings. The summed E-state index contributed by atoms with van der Waals surface area (Å²) in [6.45, 7) is 1.99. The second-order valence-electron chi connectivity index (χ2n) is 4.99. The van der Waals surface area contributed by atoms with E-state index >= 15 is 0 Å². The molecule has 1 aromatic heterocycles. The molecule has 1 aliphatic rings. The van der Waals surface area contributed by atoms with Crippen molar-refractivity contribution in [2.45, 2.75) is 26.2 Å². The van der Waals surface area contributed by atoms with Crippen LogP contribution in [0.3, 0.4) is 0 Å². The molecule has 1 N–H and O–H groups in total. The minimum Gasteiger partial charge on any atom is -0.312 e. The van der Waals surface area contributed by atoms with Gasteiger partial charge < -0.3 is 5.32 Å². The zero-order valence-corrected chi connectivity index (χ0v) is 12.0. The Morgan fingerprint density at radius 3 is 2.75 bits per heavy atom. The van der Waals surface area contributed by atoms with Crippen molar-refractivity contribution in [2.24, 2.45) is 0 Å². The third-order valence-corrected chi connectivity index (χ3v) is 4.78. The topological polar surface area (TPSA) is 52.9 Å². The van der Waals surface area contributed by atoms with Crippen molar-refractivity contribution in [3.05, 3.63) is 51.4 Å². The zero-order valence-electron chi connectivity index (χ0n) is 11.2. The minimum absolute atomic E-state index is 0.151. The van der Waals surface area contributed by atoms with Gasteiger partial charge in [-0.25, -0.2) is 0 Å². The van der Waals surface area contributed by atoms with Gasteiger partial charge in [0.25, 0.3) is 5.91 Å². The lowest BCUT2D eigenvalue weighted by molar-refractivity contribution is 0.102. The summed E-state index contributed by atoms with van der Waals surface area (Å²) < 4.78 is 0. The summed E-state index contributed by atoms with van der Waals surface area (Å²) in [6.07, 6.45) is 3.09. The van der Waals surface area contributed by atoms with Crippen molar-refractivity contribution in [3.63, 3.8) is 0 Å². The fraction of sp³-hybridized carbons (Fsp3) is 0.250. The molecule has 0 atom stereocenters. The second kappa shape index (κ2) is 5.10. The van der Waals surface area contributed by atoms with E-state index in [0.717, 1.165) is 30.4 Å². The highest BCUT2D eigenvalue weighted by molar-refractivity contribution is 7.16. The largest absolute Gasteiger partial charge is 0.312 e. The predicted octanol–water partition coefficient (Wildman–Crippen LogP) is 3.67. The standard InChI is InChI=1S/C16H14N2OS/c1-10-5-7-11(8-6-10)15(19)18-16-13(9-17)12-3-2-4-14(12)20-16/h5-8H,2-4H2,1H3,(H,18,19). The number of nitrogens with one attached hydrogen (secondary N) is 1. The molecule has 0 radical (unpaired) electrons. The Morgan fingerprint density at radius 2 is 2.05 bits per heavy atom. The molecule has 100 valence electrons. The lowest BCUT2D eigenvalue weighted by atomic mass is 10.1. The number of hydrogen-bond donors (Lipinski definition) is 1. The van der Waals surface area contributed by atoms with Crippen LogP contribution in [-0.2, 0) is 12.8 Å². The first-order chi connectivity index (χ1) is 9.69. The molecule has 0 fully saturated rings. The SMILES string of the molecule is Cc1ccc(C(=O)Nc2sc3c(c2C#N)CCC3)cc1. The van der Waals surface area contributed by atoms with Gasteiger partial charge in [0.1, 0.15) is 11.1 Å². The average Bonchev–Trinajstić information content (AvgIpc) is 2.99. The maximum Gasteiger partial charge on any atom is 0.256 e. The van der Waals surface area contributed by atoms with Gasteiger partial charge in [-0.1, -0.05) is 17.7 Å². The van der Waals surface area contributed by atoms with Crippen molar-refractivity contribution in [1.29, 1.82) is 5.26 Å². The van der Waals surface area contributed by atoms with E-state index in [1.165, 1.54) is 4.88 Å². The number of nitriles is 1. The highest BCUT2D eigenvalue weighted by atomic mass is 32.1. The highest BCUT2D eigenvalue weighted by Crippen LogP contribution is 2.38. The molecular weight excluding hydrogens is 268 g/mol. The van der Waals surface area contributed by atoms with Crippen molar-refractivity contribution < 1.29 is 4.79 Å². The van der Waals surface area contributed by atoms with E-state index in [-0.39, 0.29) is 5.91 Å². The number of carbonyl (C=O) groups excluding carboxylic acids is 1. The first-order valence-corrected chi connectivity index (χ1v) is 7.43. The number of thiophene rings is 1. The number of aryl methyl sites for hydroxylation is 2. The second-order valence-corrected chi connectivity index (χ2v) is 6.10. The summed E-state index contributed by atoms with van der Waals surface area (Å²) in [6, 6.07) is 9.67. The zero-order chi connectivity index (χ0) is 14.1. The van der Waals surface area contributed by atoms with E-state index in [1.54, 1.807) is 23.5 Å². The van der Waals surface area contributed by atoms with E-state index in [0.29, 0.717) is 16.1 Å². The molecule has 4 heteroatoms. The molecule has 3 rings (SSSR count). The summed E-state index contributed by atoms with van der Waals surface area (Å²) in [5.41, 5.74) is 3.53. The van der Waals surface area contributed by atoms with Gasteiger partial charge in [-0.15, -0.1) is 11.3 Å². The fourth-order valence-corrected chi connectivity index (χ4v) is 3.73. The predicted molar refractivity (Wildman–Crippen MR) is 80.2 cm³/mol. The first-order valence-electron chi connectivity index (χ1n) is 6.61. The third-order valence-electron chi connectivity index (χ3n) is 3.57. The van der Waals surface area contributed by atoms with Gasteiger partial charge in [-0.3, -0.25) is 4.79 Å². The van der Waals surface area contributed by atoms with Gasteiger partial charge in [-0.05, 0) is 43.9 Å². The Hall–Kier alpha value is -2.12. The molecule has 1 amide bonds. The monoisotopic (exact) mass is 282 g/mol. The van der Waals surface area contributed by atoms with Crippen molar-refractivity contribution in [1.82, 2.24) is 0 Å². The molecule has 1 aromatic carbocycles. The number of carbonyl (C=O) groups is 1. The smallest absolute Gasteiger partial charge is 0.256 e. The third kappa shape index (κ3) is 2.21. The van der Waals surface area contributed by atoms with Crippen LogP contribution < -0.4 is 5.32 Å². The molecule has 20 heavy (non-hydrogen) atoms. The molecule has 0 saturated heterocycles. The highest BCUT2D eigenvalue weighted by Gasteiger charge is 2.23. The molecular formula is C16H14N2OS. The Morgan fingerprint density at radius 1 is 1.30 bits per heavy atom. The van der Waals surface area contributed by atoms with Gasteiger partial charge in [-0.2, -0.15) is 5.26 Å². The summed E-state index contributed by atoms with van der Waals surface area (Å²) >= 11 is 1.54. The molecule has 1 aliphatic carbocycles. The number of rotatable bonds is 2. The van der Waals surface area contributed by atoms with E-state index < -0.39 is 0 Å². The average molecular weight is 282 g/mol. The van der Waals surface area contributed by atoms with Crippen LogP contribution >= 0.6 is 11.3 Å². The van der Waals surface area contributed by atoms with Crippen molar-refractivity contribution in [2.75, 3.05) is 5.32 Å². The van der Waals surface area contributed by atoms with Crippen LogP contribution in [0.2, 0.25) is 0 Å². The molecule has 1 heterocycles. The van der Waals surface area contributed by atoms with E-state index in [1.807, 2.05) is 19.1 Å². The minimum atomic E-state index is -0.151. The van der Waals surface area contributed by atoms with Gasteiger partial charge >= 0.3 is 0 Å². The normalized spacial score (nSPS) is 12.8. The maximum atomic E-state index is 12.2. The molecule has 0 unspecified atom stereocenters. The van der Waals surface area contributed by atoms with E-state index in [9.17, 15) is 10.1 Å². The van der Waals surface area contributed by atoms with Crippen molar-refractivity contribution in [3.8, 4) is 6.07 Å². The fourth-order valence-electron chi connectivity index (χ4n) is 2.49. The van der Waals surface area contributed by atoms with E-state index in [2.05, 4.69) is 11.4 Å². The van der Waals surface area contributed by atoms with Gasteiger partial charge in [0.05, 0.1) is 5.56 Å². The van der Waals surface area contributed by atoms with Gasteiger partial charge in [0, 0.05) is 10.4 Å². The van der Waals surface area contributed by atoms with Crippen LogP contribution in [-0.4, -0.2) is 5.91 Å². The van der Waals surface area contributed by atoms with Crippen molar-refractivity contribution >= 4 is 22.2 Å². The Labute approximate surface area is 121 Å². The van der Waals surface area contributed by atoms with Crippen LogP contribution in [0.15, 0.2) is 24.3 Å². The molecule has 0 aliphatic heterocycles. The quantitative estimate of drug-likeness (QED) is 0.913. The van der Waals surface area contributed by atoms with Crippen LogP contribution in [0.25, 0.3) is 0 Å². The number of hydrogen-bond acceptors (Lipinski definition) is 3. The summed E-state index contributed by atoms with van der Waals surface area (Å²) in [4.78, 5) is 13.5. The summed E-state index contributed by atoms with van der Waals surface area (Å²) in [5, 5.41) is 12.9. The Kier molecular flexibility index (Phi) is 3.29. The number of fused-ring (bicyclic) bond motifs is 1. The van der Waals surface area contributed by atoms with Crippen LogP contribution in [0.4, 0.5) is 5.00 Å². The summed E-state index contributed by atoms with van der Waals surface area (Å²) in [7, 11) is 0. The first kappa shape index (κ1) is 12.9. The maximum absolute atomic E-state index is 12.2. The number of benzene rings is 1. The Balaban J connectivity index is 1.87. The Bertz CT molecular complexity index is 707. The van der Waals surface area contributed by atoms with E-state index in [4.69, 9.17) is 0 Å². The lowest BCUT2D eigenvalue weighted by Gasteiger charge is -2.04. The molecule has 0 bridgehead atoms.